The Morgan fingerprint density at radius 1 is 0.731 bits per heavy atom. The van der Waals surface area contributed by atoms with Crippen LogP contribution < -0.4 is 0 Å². The predicted octanol–water partition coefficient (Wildman–Crippen LogP) is 9.43. The second-order valence-corrected chi connectivity index (χ2v) is 16.0. The van der Waals surface area contributed by atoms with Crippen LogP contribution in [0.2, 0.25) is 0 Å². The molecular formula is C42H46N6O4. The van der Waals surface area contributed by atoms with Crippen LogP contribution in [0.5, 0.6) is 0 Å². The largest absolute Gasteiger partial charge is 0.449 e. The molecule has 2 aromatic heterocycles. The van der Waals surface area contributed by atoms with E-state index in [1.54, 1.807) is 0 Å². The molecular weight excluding hydrogens is 652 g/mol. The highest BCUT2D eigenvalue weighted by molar-refractivity contribution is 6.04. The van der Waals surface area contributed by atoms with Gasteiger partial charge >= 0.3 is 12.2 Å². The molecule has 10 nitrogen and oxygen atoms in total. The Labute approximate surface area is 303 Å². The van der Waals surface area contributed by atoms with E-state index in [1.807, 2.05) is 43.0 Å². The summed E-state index contributed by atoms with van der Waals surface area (Å²) in [6.45, 7) is 8.29. The van der Waals surface area contributed by atoms with Crippen molar-refractivity contribution < 1.29 is 19.1 Å². The number of nitrogens with one attached hydrogen (secondary N) is 2. The highest BCUT2D eigenvalue weighted by Crippen LogP contribution is 2.54. The number of fused-ring (bicyclic) bond motifs is 3. The number of hydrogen-bond acceptors (Lipinski definition) is 6. The molecule has 5 aromatic rings. The monoisotopic (exact) mass is 698 g/mol. The molecule has 4 fully saturated rings. The van der Waals surface area contributed by atoms with Gasteiger partial charge in [0.15, 0.2) is 0 Å². The van der Waals surface area contributed by atoms with Crippen LogP contribution in [0.4, 0.5) is 9.59 Å². The van der Waals surface area contributed by atoms with Gasteiger partial charge in [0.05, 0.1) is 42.5 Å². The maximum atomic E-state index is 13.2. The lowest BCUT2D eigenvalue weighted by Crippen LogP contribution is -2.38. The average molecular weight is 699 g/mol. The Kier molecular flexibility index (Phi) is 7.89. The first-order valence-corrected chi connectivity index (χ1v) is 18.9. The molecule has 3 aromatic carbocycles. The number of ether oxygens (including phenoxy) is 2. The highest BCUT2D eigenvalue weighted by atomic mass is 16.6. The van der Waals surface area contributed by atoms with Gasteiger partial charge < -0.3 is 19.4 Å². The van der Waals surface area contributed by atoms with Crippen molar-refractivity contribution in [2.45, 2.75) is 96.0 Å². The number of amides is 2. The number of hydrogen-bond donors (Lipinski definition) is 2. The summed E-state index contributed by atoms with van der Waals surface area (Å²) < 4.78 is 11.4. The number of carbonyl (C=O) groups is 2. The van der Waals surface area contributed by atoms with Crippen LogP contribution in [0.3, 0.4) is 0 Å². The fourth-order valence-corrected chi connectivity index (χ4v) is 8.54. The Morgan fingerprint density at radius 3 is 1.92 bits per heavy atom. The van der Waals surface area contributed by atoms with E-state index in [9.17, 15) is 9.59 Å². The van der Waals surface area contributed by atoms with E-state index in [1.165, 1.54) is 0 Å². The summed E-state index contributed by atoms with van der Waals surface area (Å²) in [6, 6.07) is 21.7. The average Bonchev–Trinajstić information content (AvgIpc) is 3.72. The first-order chi connectivity index (χ1) is 25.2. The zero-order valence-corrected chi connectivity index (χ0v) is 30.3. The van der Waals surface area contributed by atoms with Crippen molar-refractivity contribution in [1.29, 1.82) is 0 Å². The normalized spacial score (nSPS) is 24.5. The third-order valence-electron chi connectivity index (χ3n) is 11.3. The predicted molar refractivity (Wildman–Crippen MR) is 199 cm³/mol. The van der Waals surface area contributed by atoms with Crippen molar-refractivity contribution in [1.82, 2.24) is 29.7 Å². The lowest BCUT2D eigenvalue weighted by Gasteiger charge is -2.29. The van der Waals surface area contributed by atoms with Gasteiger partial charge in [0.1, 0.15) is 17.2 Å². The number of likely N-dealkylation sites (tertiary alicyclic amines) is 2. The molecule has 0 spiro atoms. The number of rotatable bonds is 8. The minimum Gasteiger partial charge on any atom is -0.449 e. The van der Waals surface area contributed by atoms with Gasteiger partial charge in [0, 0.05) is 17.6 Å². The topological polar surface area (TPSA) is 116 Å². The third-order valence-corrected chi connectivity index (χ3v) is 11.3. The molecule has 268 valence electrons. The summed E-state index contributed by atoms with van der Waals surface area (Å²) in [5, 5.41) is 2.28. The number of piperidine rings is 2. The van der Waals surface area contributed by atoms with Gasteiger partial charge in [-0.2, -0.15) is 0 Å². The molecule has 4 aliphatic rings. The van der Waals surface area contributed by atoms with E-state index < -0.39 is 5.60 Å². The molecule has 9 rings (SSSR count). The standard InChI is InChI=1S/C42H46N6O4/c1-5-6-17-51-40(49)47-34-18-26(34)20-36(47)38-43-22-32(45-38)25-15-13-24(14-16-25)28-9-7-11-30-29(28)10-8-12-31(30)33-23-44-39(46-33)37-21-27-19-35(27)48(37)41(50)52-42(2,3)4/h7-16,22-23,26-27,34-37H,5-6,17-21H2,1-4H3,(H,43,45)(H,44,46)/t26?,27-,34?,35-,36?,37+/m1/s1. The van der Waals surface area contributed by atoms with Crippen molar-refractivity contribution in [3.8, 4) is 33.6 Å². The zero-order valence-electron chi connectivity index (χ0n) is 30.3. The fraction of sp³-hybridized carbons (Fsp3) is 0.429. The summed E-state index contributed by atoms with van der Waals surface area (Å²) in [7, 11) is 0. The number of aromatic amines is 2. The van der Waals surface area contributed by atoms with Gasteiger partial charge in [0.2, 0.25) is 0 Å². The van der Waals surface area contributed by atoms with E-state index in [0.717, 1.165) is 94.6 Å². The number of carbonyl (C=O) groups excluding carboxylic acids is 2. The van der Waals surface area contributed by atoms with E-state index >= 15 is 0 Å². The summed E-state index contributed by atoms with van der Waals surface area (Å²) in [4.78, 5) is 46.6. The minimum absolute atomic E-state index is 0.0746. The van der Waals surface area contributed by atoms with Crippen molar-refractivity contribution in [3.05, 3.63) is 84.7 Å². The smallest absolute Gasteiger partial charge is 0.411 e. The third kappa shape index (κ3) is 5.91. The van der Waals surface area contributed by atoms with Gasteiger partial charge in [-0.05, 0) is 92.2 Å². The molecule has 0 radical (unpaired) electrons. The molecule has 2 amide bonds. The van der Waals surface area contributed by atoms with Crippen LogP contribution in [-0.2, 0) is 9.47 Å². The minimum atomic E-state index is -0.545. The maximum absolute atomic E-state index is 13.2. The number of benzene rings is 3. The second-order valence-electron chi connectivity index (χ2n) is 16.0. The Balaban J connectivity index is 0.942. The molecule has 2 N–H and O–H groups in total. The number of aromatic nitrogens is 4. The molecule has 2 saturated carbocycles. The highest BCUT2D eigenvalue weighted by Gasteiger charge is 2.57. The van der Waals surface area contributed by atoms with Crippen LogP contribution in [0.25, 0.3) is 44.4 Å². The lowest BCUT2D eigenvalue weighted by atomic mass is 9.94. The molecule has 52 heavy (non-hydrogen) atoms. The van der Waals surface area contributed by atoms with E-state index in [-0.39, 0.29) is 36.4 Å². The first kappa shape index (κ1) is 32.8. The number of nitrogens with zero attached hydrogens (tertiary/aromatic N) is 4. The Hall–Kier alpha value is -5.12. The summed E-state index contributed by atoms with van der Waals surface area (Å²) >= 11 is 0. The van der Waals surface area contributed by atoms with Crippen LogP contribution >= 0.6 is 0 Å². The Bertz CT molecular complexity index is 2150. The maximum Gasteiger partial charge on any atom is 0.411 e. The van der Waals surface area contributed by atoms with Gasteiger partial charge in [0.25, 0.3) is 0 Å². The van der Waals surface area contributed by atoms with Crippen LogP contribution in [-0.4, -0.2) is 66.2 Å². The number of H-pyrrole nitrogens is 2. The van der Waals surface area contributed by atoms with Crippen molar-refractivity contribution in [2.75, 3.05) is 6.61 Å². The van der Waals surface area contributed by atoms with Gasteiger partial charge in [-0.1, -0.05) is 74.0 Å². The molecule has 2 aliphatic heterocycles. The lowest BCUT2D eigenvalue weighted by molar-refractivity contribution is 0.0175. The van der Waals surface area contributed by atoms with Crippen molar-refractivity contribution in [3.63, 3.8) is 0 Å². The SMILES string of the molecule is CCCCOC(=O)N1C(c2ncc(-c3ccc(-c4cccc5c(-c6cnc([C@@H]7C[C@H]8C[C@H]8N7C(=O)OC(C)(C)C)[nH]6)cccc45)cc3)[nH]2)CC2CC21. The number of imidazole rings is 2. The quantitative estimate of drug-likeness (QED) is 0.156. The molecule has 3 unspecified atom stereocenters. The molecule has 10 heteroatoms. The molecule has 2 saturated heterocycles. The molecule has 0 bridgehead atoms. The van der Waals surface area contributed by atoms with E-state index in [0.29, 0.717) is 18.4 Å². The molecule has 6 atom stereocenters. The van der Waals surface area contributed by atoms with Crippen LogP contribution in [0, 0.1) is 11.8 Å². The summed E-state index contributed by atoms with van der Waals surface area (Å²) in [6.07, 6.45) is 9.09. The van der Waals surface area contributed by atoms with Crippen molar-refractivity contribution >= 4 is 23.0 Å². The van der Waals surface area contributed by atoms with E-state index in [4.69, 9.17) is 19.4 Å². The first-order valence-electron chi connectivity index (χ1n) is 18.9. The fourth-order valence-electron chi connectivity index (χ4n) is 8.54. The van der Waals surface area contributed by atoms with Gasteiger partial charge in [-0.25, -0.2) is 19.6 Å². The van der Waals surface area contributed by atoms with Gasteiger partial charge in [-0.3, -0.25) is 9.80 Å². The molecule has 4 heterocycles. The van der Waals surface area contributed by atoms with E-state index in [2.05, 4.69) is 77.6 Å². The van der Waals surface area contributed by atoms with Crippen LogP contribution in [0.15, 0.2) is 73.1 Å². The Morgan fingerprint density at radius 2 is 1.29 bits per heavy atom. The van der Waals surface area contributed by atoms with Gasteiger partial charge in [-0.15, -0.1) is 0 Å². The van der Waals surface area contributed by atoms with Crippen molar-refractivity contribution in [2.24, 2.45) is 11.8 Å². The zero-order chi connectivity index (χ0) is 35.7. The summed E-state index contributed by atoms with van der Waals surface area (Å²) in [5.41, 5.74) is 5.69. The molecule has 2 aliphatic carbocycles. The number of unbranched alkanes of at least 4 members (excludes halogenated alkanes) is 1. The summed E-state index contributed by atoms with van der Waals surface area (Å²) in [5.74, 6) is 2.69. The van der Waals surface area contributed by atoms with Crippen LogP contribution in [0.1, 0.15) is 90.0 Å². The second kappa shape index (κ2) is 12.5.